The summed E-state index contributed by atoms with van der Waals surface area (Å²) in [6, 6.07) is -0.826. The molecule has 0 heterocycles. The van der Waals surface area contributed by atoms with Crippen molar-refractivity contribution in [3.8, 4) is 12.3 Å². The second kappa shape index (κ2) is 5.99. The molecule has 4 heteroatoms. The molecule has 0 aromatic carbocycles. The Labute approximate surface area is 94.8 Å². The van der Waals surface area contributed by atoms with E-state index >= 15 is 0 Å². The molecule has 0 saturated carbocycles. The van der Waals surface area contributed by atoms with E-state index in [0.717, 1.165) is 24.2 Å². The van der Waals surface area contributed by atoms with Crippen molar-refractivity contribution in [1.29, 1.82) is 0 Å². The Morgan fingerprint density at radius 1 is 1.62 bits per heavy atom. The van der Waals surface area contributed by atoms with Crippen LogP contribution in [0.1, 0.15) is 19.3 Å². The molecule has 86 valence electrons. The summed E-state index contributed by atoms with van der Waals surface area (Å²) in [7, 11) is 0. The quantitative estimate of drug-likeness (QED) is 0.680. The highest BCUT2D eigenvalue weighted by Gasteiger charge is 2.15. The van der Waals surface area contributed by atoms with E-state index in [1.807, 2.05) is 12.2 Å². The molecular weight excluding hydrogens is 206 g/mol. The van der Waals surface area contributed by atoms with E-state index in [-0.39, 0.29) is 6.61 Å². The van der Waals surface area contributed by atoms with Crippen molar-refractivity contribution in [2.45, 2.75) is 25.3 Å². The third kappa shape index (κ3) is 3.79. The van der Waals surface area contributed by atoms with Crippen molar-refractivity contribution >= 4 is 5.97 Å². The summed E-state index contributed by atoms with van der Waals surface area (Å²) in [6.45, 7) is 0.268. The maximum atomic E-state index is 10.6. The molecule has 3 N–H and O–H groups in total. The Balaban J connectivity index is 2.48. The average molecular weight is 221 g/mol. The Hall–Kier alpha value is -1.73. The normalized spacial score (nSPS) is 16.8. The molecule has 0 aliphatic heterocycles. The summed E-state index contributed by atoms with van der Waals surface area (Å²) in [5.41, 5.74) is 6.47. The lowest BCUT2D eigenvalue weighted by Crippen LogP contribution is -2.30. The van der Waals surface area contributed by atoms with Gasteiger partial charge < -0.3 is 15.6 Å². The predicted octanol–water partition coefficient (Wildman–Crippen LogP) is 1.04. The summed E-state index contributed by atoms with van der Waals surface area (Å²) >= 11 is 0. The molecule has 4 nitrogen and oxygen atoms in total. The van der Waals surface area contributed by atoms with Crippen LogP contribution in [0.15, 0.2) is 23.5 Å². The second-order valence-corrected chi connectivity index (χ2v) is 3.60. The van der Waals surface area contributed by atoms with Crippen LogP contribution in [0.25, 0.3) is 0 Å². The van der Waals surface area contributed by atoms with Gasteiger partial charge in [0.25, 0.3) is 0 Å². The molecule has 0 fully saturated rings. The summed E-state index contributed by atoms with van der Waals surface area (Å²) in [4.78, 5) is 10.6. The van der Waals surface area contributed by atoms with Crippen LogP contribution >= 0.6 is 0 Å². The minimum Gasteiger partial charge on any atom is -0.485 e. The zero-order valence-electron chi connectivity index (χ0n) is 8.98. The van der Waals surface area contributed by atoms with E-state index in [4.69, 9.17) is 22.0 Å². The fourth-order valence-corrected chi connectivity index (χ4v) is 1.46. The first-order chi connectivity index (χ1) is 7.63. The summed E-state index contributed by atoms with van der Waals surface area (Å²) in [6.07, 6.45) is 10.7. The van der Waals surface area contributed by atoms with Gasteiger partial charge in [-0.05, 0) is 18.9 Å². The molecule has 0 saturated heterocycles. The molecule has 1 atom stereocenters. The zero-order valence-corrected chi connectivity index (χ0v) is 8.98. The number of aliphatic carboxylic acids is 1. The van der Waals surface area contributed by atoms with Gasteiger partial charge >= 0.3 is 5.97 Å². The predicted molar refractivity (Wildman–Crippen MR) is 60.4 cm³/mol. The van der Waals surface area contributed by atoms with Crippen molar-refractivity contribution in [3.63, 3.8) is 0 Å². The lowest BCUT2D eigenvalue weighted by Gasteiger charge is -2.16. The third-order valence-electron chi connectivity index (χ3n) is 2.34. The maximum absolute atomic E-state index is 10.6. The van der Waals surface area contributed by atoms with E-state index < -0.39 is 12.0 Å². The van der Waals surface area contributed by atoms with Gasteiger partial charge in [0.1, 0.15) is 12.6 Å². The largest absolute Gasteiger partial charge is 0.485 e. The molecule has 1 aliphatic carbocycles. The van der Waals surface area contributed by atoms with Crippen LogP contribution in [0.4, 0.5) is 0 Å². The minimum absolute atomic E-state index is 0.268. The number of hydrogen-bond donors (Lipinski definition) is 2. The lowest BCUT2D eigenvalue weighted by molar-refractivity contribution is -0.138. The average Bonchev–Trinajstić information content (AvgIpc) is 2.28. The molecule has 0 spiro atoms. The summed E-state index contributed by atoms with van der Waals surface area (Å²) in [5, 5.41) is 8.67. The van der Waals surface area contributed by atoms with Crippen molar-refractivity contribution in [1.82, 2.24) is 0 Å². The van der Waals surface area contributed by atoms with E-state index in [1.165, 1.54) is 0 Å². The van der Waals surface area contributed by atoms with E-state index in [0.29, 0.717) is 6.42 Å². The van der Waals surface area contributed by atoms with Gasteiger partial charge in [0.2, 0.25) is 0 Å². The van der Waals surface area contributed by atoms with Crippen molar-refractivity contribution in [2.24, 2.45) is 5.73 Å². The van der Waals surface area contributed by atoms with Crippen LogP contribution in [0.5, 0.6) is 0 Å². The molecule has 1 rings (SSSR count). The number of rotatable bonds is 5. The first-order valence-electron chi connectivity index (χ1n) is 5.06. The number of ether oxygens (including phenoxy) is 1. The SMILES string of the molecule is C#CCOC1=CC=C(CC(N)C(=O)O)CC1. The first-order valence-corrected chi connectivity index (χ1v) is 5.06. The number of allylic oxidation sites excluding steroid dienone is 3. The monoisotopic (exact) mass is 221 g/mol. The smallest absolute Gasteiger partial charge is 0.320 e. The highest BCUT2D eigenvalue weighted by Crippen LogP contribution is 2.22. The highest BCUT2D eigenvalue weighted by atomic mass is 16.5. The molecule has 0 bridgehead atoms. The Morgan fingerprint density at radius 3 is 2.88 bits per heavy atom. The van der Waals surface area contributed by atoms with E-state index in [9.17, 15) is 4.79 Å². The standard InChI is InChI=1S/C12H15NO3/c1-2-7-16-10-5-3-9(4-6-10)8-11(13)12(14)15/h1,3,5,11H,4,6-8,13H2,(H,14,15). The zero-order chi connectivity index (χ0) is 12.0. The van der Waals surface area contributed by atoms with Gasteiger partial charge in [-0.1, -0.05) is 17.6 Å². The topological polar surface area (TPSA) is 72.5 Å². The van der Waals surface area contributed by atoms with Crippen LogP contribution in [0, 0.1) is 12.3 Å². The number of terminal acetylenes is 1. The van der Waals surface area contributed by atoms with Gasteiger partial charge in [0.05, 0.1) is 5.76 Å². The third-order valence-corrected chi connectivity index (χ3v) is 2.34. The molecule has 1 unspecified atom stereocenters. The van der Waals surface area contributed by atoms with Gasteiger partial charge in [0, 0.05) is 6.42 Å². The fraction of sp³-hybridized carbons (Fsp3) is 0.417. The minimum atomic E-state index is -0.973. The fourth-order valence-electron chi connectivity index (χ4n) is 1.46. The van der Waals surface area contributed by atoms with Crippen molar-refractivity contribution in [2.75, 3.05) is 6.61 Å². The lowest BCUT2D eigenvalue weighted by atomic mass is 9.97. The van der Waals surface area contributed by atoms with Crippen LogP contribution in [-0.2, 0) is 9.53 Å². The number of carboxylic acids is 1. The van der Waals surface area contributed by atoms with Gasteiger partial charge in [-0.15, -0.1) is 6.42 Å². The molecular formula is C12H15NO3. The number of carboxylic acid groups (broad SMARTS) is 1. The molecule has 0 radical (unpaired) electrons. The van der Waals surface area contributed by atoms with Gasteiger partial charge in [0.15, 0.2) is 0 Å². The first kappa shape index (κ1) is 12.3. The Morgan fingerprint density at radius 2 is 2.38 bits per heavy atom. The van der Waals surface area contributed by atoms with Crippen LogP contribution in [0.2, 0.25) is 0 Å². The number of hydrogen-bond acceptors (Lipinski definition) is 3. The molecule has 0 aromatic rings. The Bertz CT molecular complexity index is 363. The second-order valence-electron chi connectivity index (χ2n) is 3.60. The van der Waals surface area contributed by atoms with E-state index in [1.54, 1.807) is 0 Å². The van der Waals surface area contributed by atoms with E-state index in [2.05, 4.69) is 5.92 Å². The van der Waals surface area contributed by atoms with Gasteiger partial charge in [-0.2, -0.15) is 0 Å². The number of nitrogens with two attached hydrogens (primary N) is 1. The molecule has 0 aromatic heterocycles. The molecule has 0 amide bonds. The van der Waals surface area contributed by atoms with Crippen LogP contribution < -0.4 is 5.73 Å². The summed E-state index contributed by atoms with van der Waals surface area (Å²) < 4.78 is 5.27. The van der Waals surface area contributed by atoms with Crippen LogP contribution in [-0.4, -0.2) is 23.7 Å². The highest BCUT2D eigenvalue weighted by molar-refractivity contribution is 5.73. The summed E-state index contributed by atoms with van der Waals surface area (Å²) in [5.74, 6) is 2.26. The number of carbonyl (C=O) groups is 1. The van der Waals surface area contributed by atoms with Crippen molar-refractivity contribution in [3.05, 3.63) is 23.5 Å². The maximum Gasteiger partial charge on any atom is 0.320 e. The van der Waals surface area contributed by atoms with Gasteiger partial charge in [-0.25, -0.2) is 0 Å². The van der Waals surface area contributed by atoms with Gasteiger partial charge in [-0.3, -0.25) is 4.79 Å². The van der Waals surface area contributed by atoms with Crippen LogP contribution in [0.3, 0.4) is 0 Å². The Kier molecular flexibility index (Phi) is 4.62. The van der Waals surface area contributed by atoms with Crippen molar-refractivity contribution < 1.29 is 14.6 Å². The molecule has 1 aliphatic rings. The molecule has 16 heavy (non-hydrogen) atoms.